The number of thiophene rings is 1. The molecular formula is C15H19N3O2S2. The quantitative estimate of drug-likeness (QED) is 0.875. The van der Waals surface area contributed by atoms with E-state index in [0.717, 1.165) is 24.5 Å². The van der Waals surface area contributed by atoms with Gasteiger partial charge < -0.3 is 10.1 Å². The fraction of sp³-hybridized carbons (Fsp3) is 0.467. The number of morpholine rings is 1. The topological polar surface area (TPSA) is 54.5 Å². The van der Waals surface area contributed by atoms with E-state index in [-0.39, 0.29) is 12.0 Å². The number of amides is 1. The van der Waals surface area contributed by atoms with Crippen LogP contribution in [-0.2, 0) is 16.0 Å². The minimum atomic E-state index is -0.00708. The Morgan fingerprint density at radius 1 is 1.50 bits per heavy atom. The summed E-state index contributed by atoms with van der Waals surface area (Å²) in [6.45, 7) is 3.28. The van der Waals surface area contributed by atoms with Gasteiger partial charge in [-0.15, -0.1) is 11.3 Å². The van der Waals surface area contributed by atoms with Crippen molar-refractivity contribution in [3.8, 4) is 0 Å². The van der Waals surface area contributed by atoms with Crippen LogP contribution in [0.2, 0.25) is 0 Å². The van der Waals surface area contributed by atoms with Gasteiger partial charge in [-0.25, -0.2) is 4.98 Å². The van der Waals surface area contributed by atoms with E-state index in [1.54, 1.807) is 28.9 Å². The normalized spacial score (nSPS) is 19.2. The number of carbonyl (C=O) groups excluding carboxylic acids is 1. The van der Waals surface area contributed by atoms with Gasteiger partial charge in [0.05, 0.1) is 13.2 Å². The second kappa shape index (κ2) is 7.82. The first kappa shape index (κ1) is 15.6. The van der Waals surface area contributed by atoms with E-state index in [1.165, 1.54) is 5.56 Å². The van der Waals surface area contributed by atoms with Crippen molar-refractivity contribution >= 4 is 28.6 Å². The van der Waals surface area contributed by atoms with E-state index >= 15 is 0 Å². The minimum absolute atomic E-state index is 0.00708. The Balaban J connectivity index is 1.41. The summed E-state index contributed by atoms with van der Waals surface area (Å²) in [6.07, 6.45) is 2.67. The van der Waals surface area contributed by atoms with Crippen LogP contribution < -0.4 is 5.32 Å². The molecule has 2 aromatic rings. The average Bonchev–Trinajstić information content (AvgIpc) is 3.21. The summed E-state index contributed by atoms with van der Waals surface area (Å²) in [5.41, 5.74) is 1.28. The number of hydrogen-bond donors (Lipinski definition) is 1. The highest BCUT2D eigenvalue weighted by atomic mass is 32.1. The molecule has 0 bridgehead atoms. The zero-order valence-corrected chi connectivity index (χ0v) is 13.9. The maximum absolute atomic E-state index is 12.0. The first-order valence-corrected chi connectivity index (χ1v) is 9.14. The molecule has 0 unspecified atom stereocenters. The minimum Gasteiger partial charge on any atom is -0.368 e. The highest BCUT2D eigenvalue weighted by Gasteiger charge is 2.24. The first-order chi connectivity index (χ1) is 10.8. The SMILES string of the molecule is O=C(CN1CCO[C@@H](c2nccs2)C1)NCCc1ccsc1. The Morgan fingerprint density at radius 3 is 3.23 bits per heavy atom. The summed E-state index contributed by atoms with van der Waals surface area (Å²) in [5.74, 6) is 0.0787. The van der Waals surface area contributed by atoms with E-state index < -0.39 is 0 Å². The third kappa shape index (κ3) is 4.36. The van der Waals surface area contributed by atoms with Crippen LogP contribution in [0.1, 0.15) is 16.7 Å². The Hall–Kier alpha value is -1.28. The van der Waals surface area contributed by atoms with Crippen LogP contribution in [0.3, 0.4) is 0 Å². The molecule has 1 fully saturated rings. The molecule has 7 heteroatoms. The van der Waals surface area contributed by atoms with Gasteiger partial charge in [0.2, 0.25) is 5.91 Å². The molecule has 1 amide bonds. The summed E-state index contributed by atoms with van der Waals surface area (Å²) in [5, 5.41) is 10.1. The maximum Gasteiger partial charge on any atom is 0.234 e. The summed E-state index contributed by atoms with van der Waals surface area (Å²) < 4.78 is 5.74. The lowest BCUT2D eigenvalue weighted by molar-refractivity contribution is -0.124. The van der Waals surface area contributed by atoms with Crippen molar-refractivity contribution in [1.29, 1.82) is 0 Å². The zero-order chi connectivity index (χ0) is 15.2. The number of thiazole rings is 1. The summed E-state index contributed by atoms with van der Waals surface area (Å²) >= 11 is 3.29. The molecule has 0 radical (unpaired) electrons. The van der Waals surface area contributed by atoms with Gasteiger partial charge in [0, 0.05) is 31.2 Å². The summed E-state index contributed by atoms with van der Waals surface area (Å²) in [6, 6.07) is 2.09. The second-order valence-corrected chi connectivity index (χ2v) is 6.90. The Bertz CT molecular complexity index is 572. The molecule has 118 valence electrons. The highest BCUT2D eigenvalue weighted by Crippen LogP contribution is 2.23. The predicted octanol–water partition coefficient (Wildman–Crippen LogP) is 1.94. The molecule has 1 saturated heterocycles. The van der Waals surface area contributed by atoms with Crippen LogP contribution in [0.5, 0.6) is 0 Å². The molecule has 1 atom stereocenters. The third-order valence-corrected chi connectivity index (χ3v) is 5.16. The maximum atomic E-state index is 12.0. The van der Waals surface area contributed by atoms with E-state index in [0.29, 0.717) is 19.7 Å². The summed E-state index contributed by atoms with van der Waals surface area (Å²) in [4.78, 5) is 18.5. The first-order valence-electron chi connectivity index (χ1n) is 7.32. The van der Waals surface area contributed by atoms with Crippen LogP contribution in [0.4, 0.5) is 0 Å². The zero-order valence-electron chi connectivity index (χ0n) is 12.2. The second-order valence-electron chi connectivity index (χ2n) is 5.20. The van der Waals surface area contributed by atoms with Crippen molar-refractivity contribution in [1.82, 2.24) is 15.2 Å². The third-order valence-electron chi connectivity index (χ3n) is 3.56. The molecule has 0 saturated carbocycles. The van der Waals surface area contributed by atoms with Crippen LogP contribution in [0.25, 0.3) is 0 Å². The number of carbonyl (C=O) groups is 1. The molecule has 5 nitrogen and oxygen atoms in total. The van der Waals surface area contributed by atoms with E-state index in [2.05, 4.69) is 32.0 Å². The Kier molecular flexibility index (Phi) is 5.55. The monoisotopic (exact) mass is 337 g/mol. The molecule has 0 aromatic carbocycles. The number of aromatic nitrogens is 1. The van der Waals surface area contributed by atoms with Crippen LogP contribution >= 0.6 is 22.7 Å². The fourth-order valence-corrected chi connectivity index (χ4v) is 3.81. The number of ether oxygens (including phenoxy) is 1. The smallest absolute Gasteiger partial charge is 0.234 e. The lowest BCUT2D eigenvalue weighted by Crippen LogP contribution is -2.44. The largest absolute Gasteiger partial charge is 0.368 e. The molecule has 2 aromatic heterocycles. The van der Waals surface area contributed by atoms with Gasteiger partial charge in [0.1, 0.15) is 11.1 Å². The van der Waals surface area contributed by atoms with Gasteiger partial charge in [-0.05, 0) is 28.8 Å². The number of nitrogens with one attached hydrogen (secondary N) is 1. The predicted molar refractivity (Wildman–Crippen MR) is 88.3 cm³/mol. The molecule has 3 heterocycles. The molecule has 22 heavy (non-hydrogen) atoms. The average molecular weight is 337 g/mol. The van der Waals surface area contributed by atoms with E-state index in [9.17, 15) is 4.79 Å². The summed E-state index contributed by atoms with van der Waals surface area (Å²) in [7, 11) is 0. The van der Waals surface area contributed by atoms with E-state index in [4.69, 9.17) is 4.74 Å². The molecule has 1 aliphatic rings. The number of nitrogens with zero attached hydrogens (tertiary/aromatic N) is 2. The van der Waals surface area contributed by atoms with Crippen LogP contribution in [-0.4, -0.2) is 48.6 Å². The van der Waals surface area contributed by atoms with Crippen molar-refractivity contribution in [2.24, 2.45) is 0 Å². The van der Waals surface area contributed by atoms with Gasteiger partial charge in [0.25, 0.3) is 0 Å². The van der Waals surface area contributed by atoms with Crippen LogP contribution in [0.15, 0.2) is 28.4 Å². The van der Waals surface area contributed by atoms with Gasteiger partial charge in [-0.1, -0.05) is 0 Å². The van der Waals surface area contributed by atoms with Crippen molar-refractivity contribution in [2.75, 3.05) is 32.8 Å². The molecule has 1 aliphatic heterocycles. The number of rotatable bonds is 6. The lowest BCUT2D eigenvalue weighted by Gasteiger charge is -2.31. The lowest BCUT2D eigenvalue weighted by atomic mass is 10.2. The molecule has 1 N–H and O–H groups in total. The van der Waals surface area contributed by atoms with Crippen molar-refractivity contribution in [2.45, 2.75) is 12.5 Å². The van der Waals surface area contributed by atoms with Crippen molar-refractivity contribution < 1.29 is 9.53 Å². The van der Waals surface area contributed by atoms with Crippen LogP contribution in [0, 0.1) is 0 Å². The molecule has 3 rings (SSSR count). The Morgan fingerprint density at radius 2 is 2.45 bits per heavy atom. The molecule has 0 spiro atoms. The van der Waals surface area contributed by atoms with Gasteiger partial charge in [-0.2, -0.15) is 11.3 Å². The molecular weight excluding hydrogens is 318 g/mol. The number of hydrogen-bond acceptors (Lipinski definition) is 6. The molecule has 0 aliphatic carbocycles. The van der Waals surface area contributed by atoms with Crippen molar-refractivity contribution in [3.05, 3.63) is 39.0 Å². The standard InChI is InChI=1S/C15H19N3O2S2/c19-14(16-3-1-12-2-7-21-11-12)10-18-5-6-20-13(9-18)15-17-4-8-22-15/h2,4,7-8,11,13H,1,3,5-6,9-10H2,(H,16,19)/t13-/m1/s1. The van der Waals surface area contributed by atoms with Gasteiger partial charge in [-0.3, -0.25) is 9.69 Å². The van der Waals surface area contributed by atoms with Crippen molar-refractivity contribution in [3.63, 3.8) is 0 Å². The van der Waals surface area contributed by atoms with Gasteiger partial charge >= 0.3 is 0 Å². The Labute approximate surface area is 137 Å². The fourth-order valence-electron chi connectivity index (χ4n) is 2.43. The highest BCUT2D eigenvalue weighted by molar-refractivity contribution is 7.09. The van der Waals surface area contributed by atoms with E-state index in [1.807, 2.05) is 5.38 Å². The van der Waals surface area contributed by atoms with Gasteiger partial charge in [0.15, 0.2) is 0 Å².